The van der Waals surface area contributed by atoms with Crippen molar-refractivity contribution in [2.24, 2.45) is 7.05 Å². The monoisotopic (exact) mass is 681 g/mol. The first-order valence-corrected chi connectivity index (χ1v) is 16.5. The van der Waals surface area contributed by atoms with Crippen LogP contribution < -0.4 is 20.8 Å². The Morgan fingerprint density at radius 3 is 2.40 bits per heavy atom. The average Bonchev–Trinajstić information content (AvgIpc) is 3.88. The summed E-state index contributed by atoms with van der Waals surface area (Å²) in [5, 5.41) is 3.04. The number of H-pyrrole nitrogens is 1. The zero-order valence-electron chi connectivity index (χ0n) is 25.4. The van der Waals surface area contributed by atoms with E-state index in [9.17, 15) is 23.8 Å². The molecule has 3 fully saturated rings. The summed E-state index contributed by atoms with van der Waals surface area (Å²) in [6.45, 7) is -0.153. The second-order valence-electron chi connectivity index (χ2n) is 11.3. The Bertz CT molecular complexity index is 1650. The number of hydrogen-bond acceptors (Lipinski definition) is 16. The molecule has 3 N–H and O–H groups in total. The number of aldehydes is 2. The van der Waals surface area contributed by atoms with Crippen LogP contribution in [0.1, 0.15) is 31.9 Å². The normalized spacial score (nSPS) is 28.3. The summed E-state index contributed by atoms with van der Waals surface area (Å²) in [5.41, 5.74) is 5.72. The number of aryl methyl sites for hydroxylation is 1. The van der Waals surface area contributed by atoms with Crippen molar-refractivity contribution < 1.29 is 52.0 Å². The van der Waals surface area contributed by atoms with Gasteiger partial charge in [0, 0.05) is 25.5 Å². The van der Waals surface area contributed by atoms with Crippen LogP contribution in [0.3, 0.4) is 0 Å². The number of fused-ring (bicyclic) bond motifs is 1. The Hall–Kier alpha value is -3.43. The number of imidazole rings is 2. The number of aromatic nitrogens is 6. The van der Waals surface area contributed by atoms with Crippen LogP contribution in [0.15, 0.2) is 29.8 Å². The van der Waals surface area contributed by atoms with Crippen LogP contribution in [0.25, 0.3) is 11.2 Å². The number of carbonyl (C=O) groups is 2. The Morgan fingerprint density at radius 2 is 1.79 bits per heavy atom. The van der Waals surface area contributed by atoms with Gasteiger partial charge < -0.3 is 39.0 Å². The highest BCUT2D eigenvalue weighted by atomic mass is 31.2. The van der Waals surface area contributed by atoms with Gasteiger partial charge in [-0.15, -0.1) is 0 Å². The van der Waals surface area contributed by atoms with Gasteiger partial charge in [-0.3, -0.25) is 32.9 Å². The molecule has 47 heavy (non-hydrogen) atoms. The molecule has 0 radical (unpaired) electrons. The first-order valence-electron chi connectivity index (χ1n) is 15.0. The fourth-order valence-electron chi connectivity index (χ4n) is 6.01. The molecule has 0 amide bonds. The molecule has 3 aromatic heterocycles. The molecule has 0 bridgehead atoms. The number of anilines is 1. The molecule has 2 unspecified atom stereocenters. The van der Waals surface area contributed by atoms with E-state index in [2.05, 4.69) is 15.0 Å². The number of nitrogens with one attached hydrogen (secondary N) is 1. The summed E-state index contributed by atoms with van der Waals surface area (Å²) < 4.78 is 40.8. The van der Waals surface area contributed by atoms with Gasteiger partial charge in [-0.2, -0.15) is 10.1 Å². The number of nitrogens with two attached hydrogens (primary N) is 1. The van der Waals surface area contributed by atoms with Crippen molar-refractivity contribution in [1.29, 1.82) is 0 Å². The Kier molecular flexibility index (Phi) is 10.2. The van der Waals surface area contributed by atoms with Gasteiger partial charge in [-0.1, -0.05) is 4.98 Å². The van der Waals surface area contributed by atoms with E-state index < -0.39 is 56.5 Å². The third-order valence-electron chi connectivity index (χ3n) is 8.29. The maximum Gasteiger partial charge on any atom is 0.313 e. The molecule has 3 aromatic rings. The molecule has 3 aliphatic rings. The summed E-state index contributed by atoms with van der Waals surface area (Å²) in [6.07, 6.45) is 5.29. The molecular weight excluding hydrogens is 645 g/mol. The van der Waals surface area contributed by atoms with E-state index in [1.807, 2.05) is 0 Å². The zero-order chi connectivity index (χ0) is 33.1. The quantitative estimate of drug-likeness (QED) is 0.0774. The topological polar surface area (TPSA) is 235 Å². The van der Waals surface area contributed by atoms with Gasteiger partial charge in [-0.05, 0) is 25.7 Å². The molecule has 0 aromatic carbocycles. The van der Waals surface area contributed by atoms with Crippen LogP contribution >= 0.6 is 7.75 Å². The standard InChI is InChI=1S/C26H36N9O11P/c1-31-14-33(23-20(31)24(38)30-26(27)29-23)25-22(42-16-44-35-8-3-5-18(35)11-37)21(41-15-43-34-7-2-4-17(34)10-36)19(46-25)12-45-47(39,40)32-9-6-28-13-32/h6,9-11,13-14,17-19,21-22,25H,2-5,7-8,12,15-16H2,1H3,(H3-,27,29,30,38,39,40)/t17-,18-,19+,21?,22-,25+/m0/s1. The molecule has 21 heteroatoms. The molecule has 3 saturated heterocycles. The number of nitrogens with zero attached hydrogens (tertiary/aromatic N) is 7. The van der Waals surface area contributed by atoms with Crippen molar-refractivity contribution in [2.75, 3.05) is 39.0 Å². The van der Waals surface area contributed by atoms with Crippen molar-refractivity contribution in [3.63, 3.8) is 0 Å². The van der Waals surface area contributed by atoms with Gasteiger partial charge in [0.1, 0.15) is 37.2 Å². The van der Waals surface area contributed by atoms with Gasteiger partial charge in [0.2, 0.25) is 19.5 Å². The highest BCUT2D eigenvalue weighted by Crippen LogP contribution is 2.41. The third-order valence-corrected chi connectivity index (χ3v) is 9.57. The van der Waals surface area contributed by atoms with E-state index in [-0.39, 0.29) is 30.7 Å². The summed E-state index contributed by atoms with van der Waals surface area (Å²) in [6, 6.07) is -0.859. The van der Waals surface area contributed by atoms with Gasteiger partial charge in [-0.25, -0.2) is 9.55 Å². The van der Waals surface area contributed by atoms with E-state index in [1.54, 1.807) is 13.4 Å². The molecule has 7 atom stereocenters. The number of ether oxygens (including phenoxy) is 3. The zero-order valence-corrected chi connectivity index (χ0v) is 26.3. The second-order valence-corrected chi connectivity index (χ2v) is 12.9. The summed E-state index contributed by atoms with van der Waals surface area (Å²) in [7, 11) is -3.00. The molecule has 256 valence electrons. The Balaban J connectivity index is 1.30. The maximum atomic E-state index is 12.9. The van der Waals surface area contributed by atoms with Crippen molar-refractivity contribution in [2.45, 2.75) is 62.3 Å². The van der Waals surface area contributed by atoms with Gasteiger partial charge >= 0.3 is 5.65 Å². The molecular formula is C26H36N9O11P. The minimum atomic E-state index is -4.64. The number of hydrogen-bond donors (Lipinski definition) is 2. The lowest BCUT2D eigenvalue weighted by atomic mass is 10.1. The van der Waals surface area contributed by atoms with Crippen molar-refractivity contribution in [3.8, 4) is 0 Å². The van der Waals surface area contributed by atoms with Gasteiger partial charge in [0.05, 0.1) is 25.7 Å². The van der Waals surface area contributed by atoms with E-state index in [0.717, 1.165) is 36.1 Å². The summed E-state index contributed by atoms with van der Waals surface area (Å²) in [4.78, 5) is 70.7. The molecule has 3 aliphatic heterocycles. The minimum Gasteiger partial charge on any atom is -0.761 e. The van der Waals surface area contributed by atoms with Crippen LogP contribution in [-0.2, 0) is 49.6 Å². The largest absolute Gasteiger partial charge is 0.761 e. The van der Waals surface area contributed by atoms with Crippen LogP contribution in [0.4, 0.5) is 5.95 Å². The maximum absolute atomic E-state index is 12.9. The molecule has 0 spiro atoms. The lowest BCUT2D eigenvalue weighted by Gasteiger charge is -2.28. The van der Waals surface area contributed by atoms with Crippen LogP contribution in [0.5, 0.6) is 0 Å². The molecule has 6 rings (SSSR count). The number of hydroxylamine groups is 4. The fraction of sp³-hybridized carbons (Fsp3) is 0.615. The van der Waals surface area contributed by atoms with Crippen LogP contribution in [0.2, 0.25) is 0 Å². The smallest absolute Gasteiger partial charge is 0.313 e. The SMILES string of the molecule is Cn1c[n+]([C@@H]2O[C@H](COP(=O)([O-])n3ccnc3)C(OCON3CCC[C@H]3C=O)[C@@H]2OCON2CCC[C@H]2C=O)c2nc(N)[nH]c(=O)c21. The predicted molar refractivity (Wildman–Crippen MR) is 154 cm³/mol. The third kappa shape index (κ3) is 7.07. The van der Waals surface area contributed by atoms with E-state index >= 15 is 0 Å². The highest BCUT2D eigenvalue weighted by molar-refractivity contribution is 7.49. The fourth-order valence-corrected chi connectivity index (χ4v) is 6.89. The number of aromatic amines is 1. The number of nitrogen functional groups attached to an aromatic ring is 1. The molecule has 20 nitrogen and oxygen atoms in total. The number of rotatable bonds is 15. The highest BCUT2D eigenvalue weighted by Gasteiger charge is 2.51. The number of carbonyl (C=O) groups excluding carboxylic acids is 2. The Labute approximate surface area is 267 Å². The lowest BCUT2D eigenvalue weighted by Crippen LogP contribution is -2.48. The van der Waals surface area contributed by atoms with E-state index in [0.29, 0.717) is 25.9 Å². The van der Waals surface area contributed by atoms with Crippen molar-refractivity contribution in [3.05, 3.63) is 35.4 Å². The van der Waals surface area contributed by atoms with Crippen LogP contribution in [-0.4, -0.2) is 110 Å². The summed E-state index contributed by atoms with van der Waals surface area (Å²) in [5.74, 6) is -0.140. The molecule has 0 aliphatic carbocycles. The van der Waals surface area contributed by atoms with Crippen molar-refractivity contribution in [1.82, 2.24) is 34.0 Å². The Morgan fingerprint density at radius 1 is 1.13 bits per heavy atom. The van der Waals surface area contributed by atoms with Gasteiger partial charge in [0.25, 0.3) is 11.5 Å². The first kappa shape index (κ1) is 33.5. The van der Waals surface area contributed by atoms with Crippen molar-refractivity contribution >= 4 is 37.4 Å². The van der Waals surface area contributed by atoms with E-state index in [4.69, 9.17) is 34.1 Å². The van der Waals surface area contributed by atoms with Gasteiger partial charge in [0.15, 0.2) is 19.9 Å². The van der Waals surface area contributed by atoms with Crippen LogP contribution in [0, 0.1) is 0 Å². The first-order chi connectivity index (χ1) is 22.7. The predicted octanol–water partition coefficient (Wildman–Crippen LogP) is -1.87. The van der Waals surface area contributed by atoms with E-state index in [1.165, 1.54) is 31.7 Å². The summed E-state index contributed by atoms with van der Waals surface area (Å²) >= 11 is 0. The molecule has 0 saturated carbocycles. The molecule has 6 heterocycles. The second kappa shape index (κ2) is 14.4. The minimum absolute atomic E-state index is 0.140. The lowest BCUT2D eigenvalue weighted by molar-refractivity contribution is -0.746. The average molecular weight is 682 g/mol.